The van der Waals surface area contributed by atoms with E-state index in [4.69, 9.17) is 4.74 Å². The van der Waals surface area contributed by atoms with Crippen LogP contribution >= 0.6 is 0 Å². The van der Waals surface area contributed by atoms with E-state index in [0.717, 1.165) is 23.8 Å². The zero-order valence-electron chi connectivity index (χ0n) is 19.4. The van der Waals surface area contributed by atoms with Gasteiger partial charge >= 0.3 is 12.1 Å². The molecule has 182 valence electrons. The fourth-order valence-corrected chi connectivity index (χ4v) is 4.87. The predicted molar refractivity (Wildman–Crippen MR) is 122 cm³/mol. The molecule has 3 amide bonds. The molecule has 7 nitrogen and oxygen atoms in total. The van der Waals surface area contributed by atoms with Crippen molar-refractivity contribution in [1.82, 2.24) is 9.80 Å². The molecule has 2 aliphatic rings. The average molecular weight is 474 g/mol. The van der Waals surface area contributed by atoms with Crippen molar-refractivity contribution in [3.05, 3.63) is 65.7 Å². The van der Waals surface area contributed by atoms with Crippen molar-refractivity contribution in [2.75, 3.05) is 31.5 Å². The number of nitrogens with zero attached hydrogens (tertiary/aromatic N) is 2. The summed E-state index contributed by atoms with van der Waals surface area (Å²) in [6.07, 6.45) is -0.467. The van der Waals surface area contributed by atoms with Crippen molar-refractivity contribution in [2.45, 2.75) is 32.0 Å². The monoisotopic (exact) mass is 473 g/mol. The number of urea groups is 1. The number of carbonyl (C=O) groups excluding carboxylic acids is 2. The molecule has 2 bridgehead atoms. The molecular formula is C25H29F2N3O4. The van der Waals surface area contributed by atoms with E-state index in [1.54, 1.807) is 25.7 Å². The molecule has 2 atom stereocenters. The third-order valence-electron chi connectivity index (χ3n) is 6.30. The van der Waals surface area contributed by atoms with E-state index in [-0.39, 0.29) is 31.9 Å². The molecular weight excluding hydrogens is 444 g/mol. The highest BCUT2D eigenvalue weighted by molar-refractivity contribution is 5.89. The number of aliphatic hydroxyl groups is 1. The quantitative estimate of drug-likeness (QED) is 0.686. The topological polar surface area (TPSA) is 82.1 Å². The Morgan fingerprint density at radius 3 is 2.03 bits per heavy atom. The minimum Gasteiger partial charge on any atom is -0.444 e. The SMILES string of the molecule is CC(C)(C)OC(=O)N1CC2CN(C(=O)Nc3cc(F)cc(F)c3)CC(C1)C2(O)c1ccccc1. The van der Waals surface area contributed by atoms with E-state index < -0.39 is 46.8 Å². The van der Waals surface area contributed by atoms with E-state index in [0.29, 0.717) is 0 Å². The van der Waals surface area contributed by atoms with Crippen LogP contribution in [0.5, 0.6) is 0 Å². The molecule has 2 fully saturated rings. The van der Waals surface area contributed by atoms with Crippen LogP contribution in [0.2, 0.25) is 0 Å². The van der Waals surface area contributed by atoms with Crippen LogP contribution in [0, 0.1) is 23.5 Å². The summed E-state index contributed by atoms with van der Waals surface area (Å²) in [6.45, 7) is 6.03. The Balaban J connectivity index is 1.58. The number of likely N-dealkylation sites (tertiary alicyclic amines) is 2. The van der Waals surface area contributed by atoms with Crippen LogP contribution in [-0.4, -0.2) is 58.8 Å². The van der Waals surface area contributed by atoms with Crippen molar-refractivity contribution >= 4 is 17.8 Å². The molecule has 4 rings (SSSR count). The molecule has 2 aliphatic heterocycles. The van der Waals surface area contributed by atoms with Crippen molar-refractivity contribution in [2.24, 2.45) is 11.8 Å². The van der Waals surface area contributed by atoms with Gasteiger partial charge in [0, 0.05) is 49.8 Å². The zero-order chi connectivity index (χ0) is 24.7. The number of ether oxygens (including phenoxy) is 1. The number of fused-ring (bicyclic) bond motifs is 2. The van der Waals surface area contributed by atoms with Crippen LogP contribution in [-0.2, 0) is 10.3 Å². The number of piperidine rings is 2. The highest BCUT2D eigenvalue weighted by Crippen LogP contribution is 2.45. The lowest BCUT2D eigenvalue weighted by atomic mass is 9.66. The van der Waals surface area contributed by atoms with Gasteiger partial charge in [0.25, 0.3) is 0 Å². The van der Waals surface area contributed by atoms with Gasteiger partial charge in [-0.15, -0.1) is 0 Å². The number of carbonyl (C=O) groups is 2. The maximum absolute atomic E-state index is 13.5. The van der Waals surface area contributed by atoms with Gasteiger partial charge in [0.2, 0.25) is 0 Å². The van der Waals surface area contributed by atoms with Gasteiger partial charge in [-0.2, -0.15) is 0 Å². The lowest BCUT2D eigenvalue weighted by Gasteiger charge is -2.55. The van der Waals surface area contributed by atoms with Gasteiger partial charge in [0.15, 0.2) is 0 Å². The Kier molecular flexibility index (Phi) is 6.24. The average Bonchev–Trinajstić information content (AvgIpc) is 2.72. The summed E-state index contributed by atoms with van der Waals surface area (Å²) in [4.78, 5) is 28.8. The molecule has 2 heterocycles. The predicted octanol–water partition coefficient (Wildman–Crippen LogP) is 4.18. The second-order valence-electron chi connectivity index (χ2n) is 9.96. The van der Waals surface area contributed by atoms with E-state index >= 15 is 0 Å². The summed E-state index contributed by atoms with van der Waals surface area (Å²) < 4.78 is 32.6. The molecule has 2 saturated heterocycles. The molecule has 0 radical (unpaired) electrons. The van der Waals surface area contributed by atoms with Crippen LogP contribution in [0.15, 0.2) is 48.5 Å². The number of hydrogen-bond acceptors (Lipinski definition) is 4. The van der Waals surface area contributed by atoms with Crippen LogP contribution in [0.1, 0.15) is 26.3 Å². The lowest BCUT2D eigenvalue weighted by Crippen LogP contribution is -2.67. The molecule has 9 heteroatoms. The normalized spacial score (nSPS) is 24.5. The first kappa shape index (κ1) is 23.9. The first-order valence-corrected chi connectivity index (χ1v) is 11.2. The molecule has 0 aromatic heterocycles. The molecule has 2 aromatic rings. The fourth-order valence-electron chi connectivity index (χ4n) is 4.87. The summed E-state index contributed by atoms with van der Waals surface area (Å²) in [7, 11) is 0. The van der Waals surface area contributed by atoms with Crippen LogP contribution in [0.3, 0.4) is 0 Å². The van der Waals surface area contributed by atoms with E-state index in [2.05, 4.69) is 5.32 Å². The maximum atomic E-state index is 13.5. The van der Waals surface area contributed by atoms with E-state index in [1.807, 2.05) is 30.3 Å². The van der Waals surface area contributed by atoms with Crippen LogP contribution < -0.4 is 5.32 Å². The van der Waals surface area contributed by atoms with Crippen LogP contribution in [0.4, 0.5) is 24.1 Å². The van der Waals surface area contributed by atoms with E-state index in [1.165, 1.54) is 4.90 Å². The first-order valence-electron chi connectivity index (χ1n) is 11.2. The van der Waals surface area contributed by atoms with Crippen LogP contribution in [0.25, 0.3) is 0 Å². The van der Waals surface area contributed by atoms with Crippen molar-refractivity contribution in [1.29, 1.82) is 0 Å². The Morgan fingerprint density at radius 2 is 1.50 bits per heavy atom. The number of hydrogen-bond donors (Lipinski definition) is 2. The Bertz CT molecular complexity index is 1040. The summed E-state index contributed by atoms with van der Waals surface area (Å²) >= 11 is 0. The fraction of sp³-hybridized carbons (Fsp3) is 0.440. The number of halogens is 2. The summed E-state index contributed by atoms with van der Waals surface area (Å²) in [5, 5.41) is 14.4. The summed E-state index contributed by atoms with van der Waals surface area (Å²) in [5.41, 5.74) is -1.18. The Morgan fingerprint density at radius 1 is 0.971 bits per heavy atom. The van der Waals surface area contributed by atoms with Gasteiger partial charge in [0.1, 0.15) is 22.8 Å². The molecule has 2 N–H and O–H groups in total. The van der Waals surface area contributed by atoms with E-state index in [9.17, 15) is 23.5 Å². The molecule has 0 spiro atoms. The molecule has 34 heavy (non-hydrogen) atoms. The maximum Gasteiger partial charge on any atom is 0.410 e. The van der Waals surface area contributed by atoms with Gasteiger partial charge in [-0.05, 0) is 38.5 Å². The number of amides is 3. The van der Waals surface area contributed by atoms with Gasteiger partial charge in [-0.3, -0.25) is 0 Å². The number of rotatable bonds is 2. The minimum absolute atomic E-state index is 0.00642. The van der Waals surface area contributed by atoms with Crippen molar-refractivity contribution in [3.8, 4) is 0 Å². The van der Waals surface area contributed by atoms with Crippen molar-refractivity contribution < 1.29 is 28.2 Å². The molecule has 0 aliphatic carbocycles. The zero-order valence-corrected chi connectivity index (χ0v) is 19.4. The highest BCUT2D eigenvalue weighted by Gasteiger charge is 2.55. The molecule has 2 aromatic carbocycles. The summed E-state index contributed by atoms with van der Waals surface area (Å²) in [5.74, 6) is -2.58. The number of anilines is 1. The third kappa shape index (κ3) is 4.84. The highest BCUT2D eigenvalue weighted by atomic mass is 19.1. The van der Waals surface area contributed by atoms with Gasteiger partial charge < -0.3 is 25.0 Å². The Hall–Kier alpha value is -3.20. The molecule has 2 unspecified atom stereocenters. The van der Waals surface area contributed by atoms with Gasteiger partial charge in [0.05, 0.1) is 0 Å². The molecule has 0 saturated carbocycles. The summed E-state index contributed by atoms with van der Waals surface area (Å²) in [6, 6.07) is 11.5. The minimum atomic E-state index is -1.25. The second kappa shape index (κ2) is 8.87. The standard InChI is InChI=1S/C25H29F2N3O4/c1-24(2,3)34-23(32)30-14-17-12-29(22(31)28-21-10-19(26)9-20(27)11-21)13-18(15-30)25(17,33)16-7-5-4-6-8-16/h4-11,17-18,33H,12-15H2,1-3H3,(H,28,31). The third-order valence-corrected chi connectivity index (χ3v) is 6.30. The van der Waals surface area contributed by atoms with Gasteiger partial charge in [-0.1, -0.05) is 30.3 Å². The van der Waals surface area contributed by atoms with Gasteiger partial charge in [-0.25, -0.2) is 18.4 Å². The number of benzene rings is 2. The smallest absolute Gasteiger partial charge is 0.410 e. The second-order valence-corrected chi connectivity index (χ2v) is 9.96. The first-order chi connectivity index (χ1) is 16.0. The van der Waals surface area contributed by atoms with Crippen molar-refractivity contribution in [3.63, 3.8) is 0 Å². The lowest BCUT2D eigenvalue weighted by molar-refractivity contribution is -0.154. The Labute approximate surface area is 197 Å². The number of nitrogens with one attached hydrogen (secondary N) is 1. The largest absolute Gasteiger partial charge is 0.444 e.